The number of nitrogens with one attached hydrogen (secondary N) is 2. The summed E-state index contributed by atoms with van der Waals surface area (Å²) in [6.45, 7) is 0. The molecule has 0 aliphatic heterocycles. The lowest BCUT2D eigenvalue weighted by Crippen LogP contribution is -2.16. The number of hydrogen-bond acceptors (Lipinski definition) is 4. The van der Waals surface area contributed by atoms with Gasteiger partial charge >= 0.3 is 0 Å². The molecule has 3 aromatic carbocycles. The van der Waals surface area contributed by atoms with E-state index in [1.54, 1.807) is 6.20 Å². The zero-order valence-corrected chi connectivity index (χ0v) is 17.5. The minimum absolute atomic E-state index is 0.00482. The lowest BCUT2D eigenvalue weighted by Gasteiger charge is -2.18. The summed E-state index contributed by atoms with van der Waals surface area (Å²) in [6, 6.07) is 26.0. The summed E-state index contributed by atoms with van der Waals surface area (Å²) in [5.74, 6) is 0.702. The Labute approximate surface area is 183 Å². The Hall–Kier alpha value is -3.77. The van der Waals surface area contributed by atoms with E-state index < -0.39 is 0 Å². The van der Waals surface area contributed by atoms with E-state index in [9.17, 15) is 4.79 Å². The van der Waals surface area contributed by atoms with Gasteiger partial charge in [-0.3, -0.25) is 4.79 Å². The fraction of sp³-hybridized carbons (Fsp3) is 0.0800. The average Bonchev–Trinajstić information content (AvgIpc) is 3.48. The molecule has 2 heterocycles. The number of imidazole rings is 1. The van der Waals surface area contributed by atoms with Gasteiger partial charge in [-0.2, -0.15) is 0 Å². The standard InChI is InChI=1S/C25H20N4OS/c30-23(16-20(17-7-3-1-4-8-17)18-9-5-2-6-10-18)27-19-11-12-21-22(15-19)29-24(28-21)25-26-13-14-31-25/h1-15,20H,16H2,(H,27,30)(H,28,29). The largest absolute Gasteiger partial charge is 0.336 e. The molecule has 0 atom stereocenters. The van der Waals surface area contributed by atoms with E-state index in [2.05, 4.69) is 44.5 Å². The lowest BCUT2D eigenvalue weighted by molar-refractivity contribution is -0.116. The molecule has 5 nitrogen and oxygen atoms in total. The van der Waals surface area contributed by atoms with E-state index in [-0.39, 0.29) is 11.8 Å². The number of thiazole rings is 1. The molecule has 0 radical (unpaired) electrons. The second-order valence-corrected chi connectivity index (χ2v) is 8.18. The van der Waals surface area contributed by atoms with Crippen molar-refractivity contribution in [2.75, 3.05) is 5.32 Å². The lowest BCUT2D eigenvalue weighted by atomic mass is 9.88. The molecule has 0 bridgehead atoms. The van der Waals surface area contributed by atoms with E-state index in [4.69, 9.17) is 0 Å². The molecule has 2 N–H and O–H groups in total. The predicted octanol–water partition coefficient (Wildman–Crippen LogP) is 5.85. The number of carbonyl (C=O) groups is 1. The van der Waals surface area contributed by atoms with Gasteiger partial charge in [0.1, 0.15) is 0 Å². The van der Waals surface area contributed by atoms with Gasteiger partial charge in [0.15, 0.2) is 10.8 Å². The van der Waals surface area contributed by atoms with Crippen molar-refractivity contribution < 1.29 is 4.79 Å². The van der Waals surface area contributed by atoms with Crippen LogP contribution in [0.5, 0.6) is 0 Å². The van der Waals surface area contributed by atoms with Gasteiger partial charge in [0, 0.05) is 29.6 Å². The number of aromatic nitrogens is 3. The molecule has 152 valence electrons. The highest BCUT2D eigenvalue weighted by atomic mass is 32.1. The molecule has 0 aliphatic rings. The van der Waals surface area contributed by atoms with Crippen molar-refractivity contribution in [1.82, 2.24) is 15.0 Å². The van der Waals surface area contributed by atoms with Crippen LogP contribution in [0.1, 0.15) is 23.5 Å². The smallest absolute Gasteiger partial charge is 0.225 e. The highest BCUT2D eigenvalue weighted by Crippen LogP contribution is 2.29. The van der Waals surface area contributed by atoms with Crippen molar-refractivity contribution in [3.8, 4) is 10.8 Å². The maximum Gasteiger partial charge on any atom is 0.225 e. The number of nitrogens with zero attached hydrogens (tertiary/aromatic N) is 2. The van der Waals surface area contributed by atoms with Crippen molar-refractivity contribution in [1.29, 1.82) is 0 Å². The van der Waals surface area contributed by atoms with Crippen LogP contribution in [-0.4, -0.2) is 20.9 Å². The van der Waals surface area contributed by atoms with Crippen LogP contribution < -0.4 is 5.32 Å². The Kier molecular flexibility index (Phi) is 5.29. The number of rotatable bonds is 6. The molecule has 0 unspecified atom stereocenters. The summed E-state index contributed by atoms with van der Waals surface area (Å²) >= 11 is 1.53. The van der Waals surface area contributed by atoms with Gasteiger partial charge in [-0.1, -0.05) is 60.7 Å². The maximum absolute atomic E-state index is 13.0. The molecule has 5 rings (SSSR count). The molecule has 6 heteroatoms. The summed E-state index contributed by atoms with van der Waals surface area (Å²) in [5.41, 5.74) is 4.70. The number of carbonyl (C=O) groups excluding carboxylic acids is 1. The van der Waals surface area contributed by atoms with Crippen LogP contribution >= 0.6 is 11.3 Å². The molecule has 5 aromatic rings. The summed E-state index contributed by atoms with van der Waals surface area (Å²) < 4.78 is 0. The molecule has 0 saturated heterocycles. The maximum atomic E-state index is 13.0. The molecule has 1 amide bonds. The van der Waals surface area contributed by atoms with E-state index in [0.717, 1.165) is 38.7 Å². The topological polar surface area (TPSA) is 70.7 Å². The first-order chi connectivity index (χ1) is 15.3. The molecular formula is C25H20N4OS. The fourth-order valence-corrected chi connectivity index (χ4v) is 4.31. The Morgan fingerprint density at radius 1 is 0.968 bits per heavy atom. The van der Waals surface area contributed by atoms with Crippen LogP contribution in [0.3, 0.4) is 0 Å². The van der Waals surface area contributed by atoms with Gasteiger partial charge in [-0.25, -0.2) is 9.97 Å². The first kappa shape index (κ1) is 19.2. The highest BCUT2D eigenvalue weighted by Gasteiger charge is 2.18. The molecule has 0 aliphatic carbocycles. The third-order valence-corrected chi connectivity index (χ3v) is 5.97. The first-order valence-corrected chi connectivity index (χ1v) is 10.9. The minimum Gasteiger partial charge on any atom is -0.336 e. The summed E-state index contributed by atoms with van der Waals surface area (Å²) in [4.78, 5) is 25.1. The number of aromatic amines is 1. The van der Waals surface area contributed by atoms with Gasteiger partial charge in [-0.05, 0) is 29.3 Å². The van der Waals surface area contributed by atoms with Crippen LogP contribution in [0.2, 0.25) is 0 Å². The van der Waals surface area contributed by atoms with Crippen molar-refractivity contribution in [3.05, 3.63) is 102 Å². The number of fused-ring (bicyclic) bond motifs is 1. The van der Waals surface area contributed by atoms with E-state index in [0.29, 0.717) is 6.42 Å². The number of anilines is 1. The summed E-state index contributed by atoms with van der Waals surface area (Å²) in [5, 5.41) is 5.81. The van der Waals surface area contributed by atoms with Gasteiger partial charge in [0.05, 0.1) is 11.0 Å². The highest BCUT2D eigenvalue weighted by molar-refractivity contribution is 7.13. The van der Waals surface area contributed by atoms with E-state index in [1.807, 2.05) is 60.0 Å². The Morgan fingerprint density at radius 2 is 1.68 bits per heavy atom. The fourth-order valence-electron chi connectivity index (χ4n) is 3.73. The molecule has 2 aromatic heterocycles. The van der Waals surface area contributed by atoms with Gasteiger partial charge < -0.3 is 10.3 Å². The van der Waals surface area contributed by atoms with Gasteiger partial charge in [0.2, 0.25) is 5.91 Å². The molecular weight excluding hydrogens is 404 g/mol. The zero-order valence-electron chi connectivity index (χ0n) is 16.7. The third kappa shape index (κ3) is 4.25. The van der Waals surface area contributed by atoms with E-state index in [1.165, 1.54) is 11.3 Å². The van der Waals surface area contributed by atoms with Crippen molar-refractivity contribution in [3.63, 3.8) is 0 Å². The SMILES string of the molecule is O=C(CC(c1ccccc1)c1ccccc1)Nc1ccc2nc(-c3nccs3)[nH]c2c1. The Bertz CT molecular complexity index is 1260. The first-order valence-electron chi connectivity index (χ1n) is 10.1. The monoisotopic (exact) mass is 424 g/mol. The van der Waals surface area contributed by atoms with Crippen molar-refractivity contribution in [2.24, 2.45) is 0 Å². The van der Waals surface area contributed by atoms with Crippen LogP contribution in [-0.2, 0) is 4.79 Å². The number of amides is 1. The van der Waals surface area contributed by atoms with Gasteiger partial charge in [-0.15, -0.1) is 11.3 Å². The molecule has 0 saturated carbocycles. The number of hydrogen-bond donors (Lipinski definition) is 2. The van der Waals surface area contributed by atoms with Crippen LogP contribution in [0.25, 0.3) is 21.9 Å². The molecule has 0 spiro atoms. The van der Waals surface area contributed by atoms with Crippen LogP contribution in [0.4, 0.5) is 5.69 Å². The van der Waals surface area contributed by atoms with Crippen molar-refractivity contribution >= 4 is 34.0 Å². The second kappa shape index (κ2) is 8.53. The number of benzene rings is 3. The summed E-state index contributed by atoms with van der Waals surface area (Å²) in [7, 11) is 0. The van der Waals surface area contributed by atoms with Crippen molar-refractivity contribution in [2.45, 2.75) is 12.3 Å². The van der Waals surface area contributed by atoms with Crippen LogP contribution in [0.15, 0.2) is 90.4 Å². The van der Waals surface area contributed by atoms with Crippen LogP contribution in [0, 0.1) is 0 Å². The molecule has 0 fully saturated rings. The Balaban J connectivity index is 1.36. The van der Waals surface area contributed by atoms with Gasteiger partial charge in [0.25, 0.3) is 0 Å². The molecule has 31 heavy (non-hydrogen) atoms. The predicted molar refractivity (Wildman–Crippen MR) is 125 cm³/mol. The van der Waals surface area contributed by atoms with E-state index >= 15 is 0 Å². The third-order valence-electron chi connectivity index (χ3n) is 5.19. The normalized spacial score (nSPS) is 11.1. The second-order valence-electron chi connectivity index (χ2n) is 7.28. The minimum atomic E-state index is -0.0308. The average molecular weight is 425 g/mol. The summed E-state index contributed by atoms with van der Waals surface area (Å²) in [6.07, 6.45) is 2.12. The Morgan fingerprint density at radius 3 is 2.32 bits per heavy atom. The quantitative estimate of drug-likeness (QED) is 0.359. The zero-order chi connectivity index (χ0) is 21.0. The number of H-pyrrole nitrogens is 1.